The van der Waals surface area contributed by atoms with Crippen LogP contribution in [0.15, 0.2) is 90.0 Å². The van der Waals surface area contributed by atoms with Gasteiger partial charge in [0.15, 0.2) is 0 Å². The smallest absolute Gasteiger partial charge is 0.0678 e. The van der Waals surface area contributed by atoms with Crippen LogP contribution in [0.1, 0.15) is 54.8 Å². The van der Waals surface area contributed by atoms with Crippen LogP contribution in [0.3, 0.4) is 0 Å². The van der Waals surface area contributed by atoms with Crippen LogP contribution in [-0.2, 0) is 0 Å². The molecule has 0 radical (unpaired) electrons. The van der Waals surface area contributed by atoms with E-state index in [2.05, 4.69) is 98.9 Å². The van der Waals surface area contributed by atoms with Gasteiger partial charge in [0.05, 0.1) is 8.07 Å². The van der Waals surface area contributed by atoms with Crippen molar-refractivity contribution in [1.29, 1.82) is 0 Å². The van der Waals surface area contributed by atoms with Crippen molar-refractivity contribution in [2.45, 2.75) is 56.8 Å². The molecule has 6 rings (SSSR count). The molecule has 0 nitrogen and oxygen atoms in total. The van der Waals surface area contributed by atoms with Gasteiger partial charge in [-0.3, -0.25) is 0 Å². The van der Waals surface area contributed by atoms with Gasteiger partial charge in [0.1, 0.15) is 0 Å². The summed E-state index contributed by atoms with van der Waals surface area (Å²) in [5.74, 6) is 1.13. The van der Waals surface area contributed by atoms with Gasteiger partial charge >= 0.3 is 0 Å². The number of benzene rings is 2. The number of fused-ring (bicyclic) bond motifs is 3. The molecule has 0 saturated heterocycles. The molecule has 0 aliphatic heterocycles. The van der Waals surface area contributed by atoms with Crippen molar-refractivity contribution in [1.82, 2.24) is 0 Å². The highest BCUT2D eigenvalue weighted by molar-refractivity contribution is 6.81. The molecule has 0 bridgehead atoms. The fourth-order valence-corrected chi connectivity index (χ4v) is 12.9. The molecule has 4 aliphatic carbocycles. The summed E-state index contributed by atoms with van der Waals surface area (Å²) in [5, 5.41) is 0. The zero-order chi connectivity index (χ0) is 21.9. The second-order valence-corrected chi connectivity index (χ2v) is 15.8. The van der Waals surface area contributed by atoms with E-state index in [1.807, 2.05) is 5.57 Å². The second kappa shape index (κ2) is 7.59. The van der Waals surface area contributed by atoms with Crippen LogP contribution < -0.4 is 0 Å². The van der Waals surface area contributed by atoms with E-state index >= 15 is 0 Å². The fraction of sp³-hybridized carbons (Fsp3) is 0.355. The molecule has 0 heterocycles. The quantitative estimate of drug-likeness (QED) is 0.335. The molecule has 32 heavy (non-hydrogen) atoms. The van der Waals surface area contributed by atoms with Crippen LogP contribution in [0.5, 0.6) is 0 Å². The first-order chi connectivity index (χ1) is 15.6. The van der Waals surface area contributed by atoms with Crippen molar-refractivity contribution < 1.29 is 0 Å². The van der Waals surface area contributed by atoms with Gasteiger partial charge in [0.25, 0.3) is 0 Å². The normalized spacial score (nSPS) is 28.7. The Hall–Kier alpha value is -2.38. The number of rotatable bonds is 3. The maximum absolute atomic E-state index is 2.71. The summed E-state index contributed by atoms with van der Waals surface area (Å²) < 4.78 is 0. The summed E-state index contributed by atoms with van der Waals surface area (Å²) in [4.78, 5) is 0. The first-order valence-corrected chi connectivity index (χ1v) is 15.7. The third kappa shape index (κ3) is 2.94. The Morgan fingerprint density at radius 2 is 1.62 bits per heavy atom. The Balaban J connectivity index is 1.41. The molecule has 2 aromatic carbocycles. The molecule has 1 heteroatoms. The highest BCUT2D eigenvalue weighted by atomic mass is 28.3. The SMILES string of the molecule is CC1=CC2C(c3ccccc3)=CC=CC2C1[Si](C)(C)C1C2=C(CCCC2)c2ccccc21. The van der Waals surface area contributed by atoms with Gasteiger partial charge in [-0.1, -0.05) is 103 Å². The molecule has 0 saturated carbocycles. The second-order valence-electron chi connectivity index (χ2n) is 10.9. The van der Waals surface area contributed by atoms with E-state index in [0.29, 0.717) is 22.9 Å². The van der Waals surface area contributed by atoms with Crippen LogP contribution >= 0.6 is 0 Å². The molecular formula is C31H34Si. The highest BCUT2D eigenvalue weighted by Gasteiger charge is 2.52. The average molecular weight is 435 g/mol. The standard InChI is InChI=1S/C31H34Si/c1-21-20-29-23(22-12-5-4-6-13-22)18-11-19-28(29)30(21)32(2,3)31-26-16-9-7-14-24(26)25-15-8-10-17-27(25)31/h4-7,9,11-14,16,18-20,28-31H,8,10,15,17H2,1-3H3. The Kier molecular flexibility index (Phi) is 4.80. The maximum atomic E-state index is 2.71. The fourth-order valence-electron chi connectivity index (χ4n) is 7.73. The maximum Gasteiger partial charge on any atom is 0.0678 e. The molecule has 4 unspecified atom stereocenters. The predicted octanol–water partition coefficient (Wildman–Crippen LogP) is 8.57. The van der Waals surface area contributed by atoms with Crippen LogP contribution in [0.25, 0.3) is 11.1 Å². The van der Waals surface area contributed by atoms with Crippen molar-refractivity contribution in [3.05, 3.63) is 107 Å². The lowest BCUT2D eigenvalue weighted by atomic mass is 9.81. The minimum absolute atomic E-state index is 0.524. The summed E-state index contributed by atoms with van der Waals surface area (Å²) in [7, 11) is -1.70. The highest BCUT2D eigenvalue weighted by Crippen LogP contribution is 2.60. The molecule has 2 aromatic rings. The molecule has 0 spiro atoms. The van der Waals surface area contributed by atoms with E-state index in [4.69, 9.17) is 0 Å². The molecular weight excluding hydrogens is 400 g/mol. The largest absolute Gasteiger partial charge is 0.0802 e. The van der Waals surface area contributed by atoms with Crippen molar-refractivity contribution in [3.63, 3.8) is 0 Å². The van der Waals surface area contributed by atoms with Gasteiger partial charge < -0.3 is 0 Å². The first-order valence-electron chi connectivity index (χ1n) is 12.5. The average Bonchev–Trinajstić information content (AvgIpc) is 3.34. The number of hydrogen-bond acceptors (Lipinski definition) is 0. The molecule has 162 valence electrons. The number of allylic oxidation sites excluding steroid dienone is 8. The van der Waals surface area contributed by atoms with Crippen LogP contribution in [-0.4, -0.2) is 8.07 Å². The first kappa shape index (κ1) is 20.2. The lowest BCUT2D eigenvalue weighted by molar-refractivity contribution is 0.584. The topological polar surface area (TPSA) is 0 Å². The van der Waals surface area contributed by atoms with E-state index < -0.39 is 8.07 Å². The Labute approximate surface area is 194 Å². The molecule has 0 aromatic heterocycles. The van der Waals surface area contributed by atoms with E-state index in [1.54, 1.807) is 22.3 Å². The van der Waals surface area contributed by atoms with Crippen molar-refractivity contribution in [2.75, 3.05) is 0 Å². The summed E-state index contributed by atoms with van der Waals surface area (Å²) >= 11 is 0. The number of hydrogen-bond donors (Lipinski definition) is 0. The lowest BCUT2D eigenvalue weighted by Crippen LogP contribution is -2.43. The van der Waals surface area contributed by atoms with Crippen LogP contribution in [0, 0.1) is 11.8 Å². The predicted molar refractivity (Wildman–Crippen MR) is 140 cm³/mol. The van der Waals surface area contributed by atoms with Gasteiger partial charge in [-0.2, -0.15) is 0 Å². The third-order valence-electron chi connectivity index (χ3n) is 8.81. The summed E-state index contributed by atoms with van der Waals surface area (Å²) in [6.07, 6.45) is 15.2. The molecule has 4 atom stereocenters. The van der Waals surface area contributed by atoms with Gasteiger partial charge in [-0.15, -0.1) is 0 Å². The molecule has 0 fully saturated rings. The van der Waals surface area contributed by atoms with Gasteiger partial charge in [0.2, 0.25) is 0 Å². The van der Waals surface area contributed by atoms with Crippen molar-refractivity contribution >= 4 is 19.2 Å². The van der Waals surface area contributed by atoms with Crippen molar-refractivity contribution in [3.8, 4) is 0 Å². The molecule has 4 aliphatic rings. The van der Waals surface area contributed by atoms with Crippen LogP contribution in [0.4, 0.5) is 0 Å². The summed E-state index contributed by atoms with van der Waals surface area (Å²) in [5.41, 5.74) is 12.7. The third-order valence-corrected chi connectivity index (χ3v) is 13.4. The van der Waals surface area contributed by atoms with Crippen LogP contribution in [0.2, 0.25) is 18.6 Å². The zero-order valence-electron chi connectivity index (χ0n) is 19.6. The molecule has 0 N–H and O–H groups in total. The summed E-state index contributed by atoms with van der Waals surface area (Å²) in [6, 6.07) is 20.5. The Morgan fingerprint density at radius 1 is 0.875 bits per heavy atom. The monoisotopic (exact) mass is 434 g/mol. The van der Waals surface area contributed by atoms with Gasteiger partial charge in [-0.05, 0) is 71.9 Å². The van der Waals surface area contributed by atoms with E-state index in [-0.39, 0.29) is 0 Å². The van der Waals surface area contributed by atoms with Gasteiger partial charge in [0, 0.05) is 11.5 Å². The zero-order valence-corrected chi connectivity index (χ0v) is 20.6. The van der Waals surface area contributed by atoms with E-state index in [9.17, 15) is 0 Å². The summed E-state index contributed by atoms with van der Waals surface area (Å²) in [6.45, 7) is 7.85. The van der Waals surface area contributed by atoms with Gasteiger partial charge in [-0.25, -0.2) is 0 Å². The Morgan fingerprint density at radius 3 is 2.47 bits per heavy atom. The lowest BCUT2D eigenvalue weighted by Gasteiger charge is -2.43. The van der Waals surface area contributed by atoms with Crippen molar-refractivity contribution in [2.24, 2.45) is 11.8 Å². The minimum Gasteiger partial charge on any atom is -0.0802 e. The van der Waals surface area contributed by atoms with E-state index in [1.165, 1.54) is 36.8 Å². The van der Waals surface area contributed by atoms with E-state index in [0.717, 1.165) is 0 Å². The minimum atomic E-state index is -1.70. The Bertz CT molecular complexity index is 1170. The molecule has 0 amide bonds.